The first kappa shape index (κ1) is 12.4. The Kier molecular flexibility index (Phi) is 4.48. The van der Waals surface area contributed by atoms with E-state index < -0.39 is 5.92 Å². The first-order valence-corrected chi connectivity index (χ1v) is 5.28. The van der Waals surface area contributed by atoms with Crippen molar-refractivity contribution < 1.29 is 8.78 Å². The summed E-state index contributed by atoms with van der Waals surface area (Å²) in [6, 6.07) is 5.67. The number of rotatable bonds is 5. The van der Waals surface area contributed by atoms with Crippen LogP contribution in [0.4, 0.5) is 8.78 Å². The Hall–Kier alpha value is -0.670. The van der Waals surface area contributed by atoms with Crippen LogP contribution in [0.3, 0.4) is 0 Å². The number of benzene rings is 1. The maximum atomic E-state index is 13.5. The molecule has 1 N–H and O–H groups in total. The highest BCUT2D eigenvalue weighted by Crippen LogP contribution is 2.27. The van der Waals surface area contributed by atoms with Gasteiger partial charge in [0.2, 0.25) is 0 Å². The van der Waals surface area contributed by atoms with Crippen LogP contribution in [0.25, 0.3) is 0 Å². The van der Waals surface area contributed by atoms with Gasteiger partial charge in [0, 0.05) is 10.6 Å². The molecule has 0 heterocycles. The molecular formula is C11H14ClF2N. The van der Waals surface area contributed by atoms with E-state index in [-0.39, 0.29) is 12.1 Å². The van der Waals surface area contributed by atoms with E-state index in [0.29, 0.717) is 11.6 Å². The summed E-state index contributed by atoms with van der Waals surface area (Å²) in [5.74, 6) is -2.83. The molecule has 0 spiro atoms. The predicted molar refractivity (Wildman–Crippen MR) is 58.5 cm³/mol. The van der Waals surface area contributed by atoms with Gasteiger partial charge in [-0.15, -0.1) is 0 Å². The van der Waals surface area contributed by atoms with Crippen molar-refractivity contribution in [1.82, 2.24) is 5.32 Å². The van der Waals surface area contributed by atoms with Crippen LogP contribution in [0.5, 0.6) is 0 Å². The van der Waals surface area contributed by atoms with Crippen molar-refractivity contribution in [2.75, 3.05) is 13.1 Å². The van der Waals surface area contributed by atoms with E-state index in [4.69, 9.17) is 11.6 Å². The van der Waals surface area contributed by atoms with Gasteiger partial charge in [0.1, 0.15) is 0 Å². The highest BCUT2D eigenvalue weighted by molar-refractivity contribution is 6.30. The van der Waals surface area contributed by atoms with E-state index in [2.05, 4.69) is 5.32 Å². The average molecular weight is 234 g/mol. The Labute approximate surface area is 93.4 Å². The van der Waals surface area contributed by atoms with Gasteiger partial charge in [-0.3, -0.25) is 0 Å². The lowest BCUT2D eigenvalue weighted by Crippen LogP contribution is -2.31. The quantitative estimate of drug-likeness (QED) is 0.769. The Morgan fingerprint density at radius 1 is 1.27 bits per heavy atom. The molecule has 1 nitrogen and oxygen atoms in total. The topological polar surface area (TPSA) is 12.0 Å². The van der Waals surface area contributed by atoms with Crippen molar-refractivity contribution >= 4 is 11.6 Å². The molecule has 15 heavy (non-hydrogen) atoms. The van der Waals surface area contributed by atoms with Crippen molar-refractivity contribution in [2.45, 2.75) is 19.3 Å². The lowest BCUT2D eigenvalue weighted by atomic mass is 10.1. The number of halogens is 3. The van der Waals surface area contributed by atoms with Crippen molar-refractivity contribution in [2.24, 2.45) is 0 Å². The summed E-state index contributed by atoms with van der Waals surface area (Å²) in [5.41, 5.74) is -0.00416. The third-order valence-corrected chi connectivity index (χ3v) is 2.29. The van der Waals surface area contributed by atoms with Gasteiger partial charge >= 0.3 is 0 Å². The van der Waals surface area contributed by atoms with Crippen LogP contribution in [0.1, 0.15) is 18.9 Å². The molecule has 0 aliphatic rings. The minimum Gasteiger partial charge on any atom is -0.311 e. The third kappa shape index (κ3) is 3.76. The van der Waals surface area contributed by atoms with Gasteiger partial charge in [-0.2, -0.15) is 8.78 Å². The molecule has 4 heteroatoms. The first-order chi connectivity index (χ1) is 7.06. The lowest BCUT2D eigenvalue weighted by molar-refractivity contribution is -0.00290. The Morgan fingerprint density at radius 2 is 1.87 bits per heavy atom. The third-order valence-electron chi connectivity index (χ3n) is 2.04. The minimum absolute atomic E-state index is 0.00416. The van der Waals surface area contributed by atoms with Gasteiger partial charge in [0.05, 0.1) is 6.54 Å². The molecule has 1 aromatic carbocycles. The standard InChI is InChI=1S/C11H14ClF2N/c1-2-7-15-8-11(13,14)9-3-5-10(12)6-4-9/h3-6,15H,2,7-8H2,1H3. The zero-order chi connectivity index (χ0) is 11.3. The van der Waals surface area contributed by atoms with Crippen molar-refractivity contribution in [1.29, 1.82) is 0 Å². The van der Waals surface area contributed by atoms with E-state index in [1.165, 1.54) is 24.3 Å². The normalized spacial score (nSPS) is 11.7. The van der Waals surface area contributed by atoms with Crippen LogP contribution in [0, 0.1) is 0 Å². The summed E-state index contributed by atoms with van der Waals surface area (Å²) in [4.78, 5) is 0. The maximum Gasteiger partial charge on any atom is 0.285 e. The number of hydrogen-bond donors (Lipinski definition) is 1. The van der Waals surface area contributed by atoms with E-state index in [0.717, 1.165) is 6.42 Å². The summed E-state index contributed by atoms with van der Waals surface area (Å²) < 4.78 is 27.0. The fraction of sp³-hybridized carbons (Fsp3) is 0.455. The Bertz CT molecular complexity index is 298. The van der Waals surface area contributed by atoms with Gasteiger partial charge in [0.25, 0.3) is 5.92 Å². The van der Waals surface area contributed by atoms with Crippen LogP contribution in [-0.2, 0) is 5.92 Å². The van der Waals surface area contributed by atoms with E-state index in [9.17, 15) is 8.78 Å². The summed E-state index contributed by atoms with van der Waals surface area (Å²) in [6.07, 6.45) is 0.844. The van der Waals surface area contributed by atoms with Crippen molar-refractivity contribution in [3.05, 3.63) is 34.9 Å². The fourth-order valence-electron chi connectivity index (χ4n) is 1.22. The molecule has 0 aliphatic carbocycles. The first-order valence-electron chi connectivity index (χ1n) is 4.91. The molecule has 0 aliphatic heterocycles. The Morgan fingerprint density at radius 3 is 2.40 bits per heavy atom. The zero-order valence-electron chi connectivity index (χ0n) is 8.56. The molecular weight excluding hydrogens is 220 g/mol. The largest absolute Gasteiger partial charge is 0.311 e. The van der Waals surface area contributed by atoms with E-state index in [1.807, 2.05) is 6.92 Å². The number of hydrogen-bond acceptors (Lipinski definition) is 1. The monoisotopic (exact) mass is 233 g/mol. The van der Waals surface area contributed by atoms with Gasteiger partial charge in [-0.1, -0.05) is 30.7 Å². The molecule has 0 saturated heterocycles. The summed E-state index contributed by atoms with van der Waals surface area (Å²) >= 11 is 5.63. The fourth-order valence-corrected chi connectivity index (χ4v) is 1.34. The van der Waals surface area contributed by atoms with Crippen LogP contribution >= 0.6 is 11.6 Å². The zero-order valence-corrected chi connectivity index (χ0v) is 9.32. The Balaban J connectivity index is 2.63. The van der Waals surface area contributed by atoms with Crippen LogP contribution in [0.2, 0.25) is 5.02 Å². The van der Waals surface area contributed by atoms with Crippen LogP contribution < -0.4 is 5.32 Å². The molecule has 0 saturated carbocycles. The highest BCUT2D eigenvalue weighted by Gasteiger charge is 2.30. The van der Waals surface area contributed by atoms with Gasteiger partial charge in [0.15, 0.2) is 0 Å². The second-order valence-electron chi connectivity index (χ2n) is 3.39. The molecule has 0 fully saturated rings. The number of nitrogens with one attached hydrogen (secondary N) is 1. The van der Waals surface area contributed by atoms with Crippen molar-refractivity contribution in [3.8, 4) is 0 Å². The summed E-state index contributed by atoms with van der Waals surface area (Å²) in [6.45, 7) is 2.21. The molecule has 0 atom stereocenters. The van der Waals surface area contributed by atoms with Crippen LogP contribution in [-0.4, -0.2) is 13.1 Å². The second kappa shape index (κ2) is 5.42. The smallest absolute Gasteiger partial charge is 0.285 e. The summed E-state index contributed by atoms with van der Waals surface area (Å²) in [5, 5.41) is 3.17. The molecule has 84 valence electrons. The van der Waals surface area contributed by atoms with Gasteiger partial charge < -0.3 is 5.32 Å². The molecule has 0 bridgehead atoms. The number of alkyl halides is 2. The highest BCUT2D eigenvalue weighted by atomic mass is 35.5. The minimum atomic E-state index is -2.83. The SMILES string of the molecule is CCCNCC(F)(F)c1ccc(Cl)cc1. The molecule has 0 aromatic heterocycles. The average Bonchev–Trinajstić information content (AvgIpc) is 2.18. The van der Waals surface area contributed by atoms with E-state index >= 15 is 0 Å². The molecule has 1 rings (SSSR count). The predicted octanol–water partition coefficient (Wildman–Crippen LogP) is 3.43. The lowest BCUT2D eigenvalue weighted by Gasteiger charge is -2.17. The molecule has 0 unspecified atom stereocenters. The van der Waals surface area contributed by atoms with Gasteiger partial charge in [-0.05, 0) is 25.1 Å². The summed E-state index contributed by atoms with van der Waals surface area (Å²) in [7, 11) is 0. The second-order valence-corrected chi connectivity index (χ2v) is 3.82. The van der Waals surface area contributed by atoms with Crippen LogP contribution in [0.15, 0.2) is 24.3 Å². The van der Waals surface area contributed by atoms with Crippen molar-refractivity contribution in [3.63, 3.8) is 0 Å². The van der Waals surface area contributed by atoms with Gasteiger partial charge in [-0.25, -0.2) is 0 Å². The van der Waals surface area contributed by atoms with E-state index in [1.54, 1.807) is 0 Å². The maximum absolute atomic E-state index is 13.5. The molecule has 0 amide bonds. The molecule has 0 radical (unpaired) electrons. The molecule has 1 aromatic rings.